The van der Waals surface area contributed by atoms with Crippen LogP contribution in [0.15, 0.2) is 54.9 Å². The summed E-state index contributed by atoms with van der Waals surface area (Å²) in [6.45, 7) is 1.46. The standard InChI is InChI=1S/C21H21ClFN3O2/c22-17-5-2-6-18(23)16(17)13-28-15-4-1-3-14(11-15)21-25-9-10-26(21)19-7-8-24-12-20(19)27/h1-6,9-11,19-20,24,27H,7-8,12-13H2/t19-,20-/m0/s1. The molecule has 1 saturated heterocycles. The number of ether oxygens (including phenoxy) is 1. The lowest BCUT2D eigenvalue weighted by molar-refractivity contribution is 0.0880. The lowest BCUT2D eigenvalue weighted by Crippen LogP contribution is -2.41. The van der Waals surface area contributed by atoms with Crippen molar-refractivity contribution >= 4 is 11.6 Å². The van der Waals surface area contributed by atoms with Gasteiger partial charge in [-0.25, -0.2) is 9.37 Å². The van der Waals surface area contributed by atoms with E-state index in [-0.39, 0.29) is 18.5 Å². The third-order valence-corrected chi connectivity index (χ3v) is 5.33. The van der Waals surface area contributed by atoms with Crippen molar-refractivity contribution in [3.8, 4) is 17.1 Å². The highest BCUT2D eigenvalue weighted by molar-refractivity contribution is 6.31. The minimum absolute atomic E-state index is 0.0273. The maximum Gasteiger partial charge on any atom is 0.140 e. The number of hydrogen-bond donors (Lipinski definition) is 2. The molecule has 7 heteroatoms. The van der Waals surface area contributed by atoms with Crippen LogP contribution in [0.3, 0.4) is 0 Å². The first-order valence-corrected chi connectivity index (χ1v) is 9.59. The van der Waals surface area contributed by atoms with Gasteiger partial charge in [-0.1, -0.05) is 29.8 Å². The van der Waals surface area contributed by atoms with Crippen molar-refractivity contribution < 1.29 is 14.2 Å². The number of aliphatic hydroxyl groups is 1. The van der Waals surface area contributed by atoms with Gasteiger partial charge < -0.3 is 19.7 Å². The molecule has 2 N–H and O–H groups in total. The Morgan fingerprint density at radius 2 is 2.14 bits per heavy atom. The van der Waals surface area contributed by atoms with Crippen LogP contribution in [0.2, 0.25) is 5.02 Å². The van der Waals surface area contributed by atoms with Gasteiger partial charge in [0, 0.05) is 30.1 Å². The molecule has 1 aromatic heterocycles. The van der Waals surface area contributed by atoms with Crippen LogP contribution >= 0.6 is 11.6 Å². The van der Waals surface area contributed by atoms with Gasteiger partial charge in [0.05, 0.1) is 17.2 Å². The average molecular weight is 402 g/mol. The van der Waals surface area contributed by atoms with Gasteiger partial charge in [-0.15, -0.1) is 0 Å². The maximum atomic E-state index is 13.9. The molecule has 5 nitrogen and oxygen atoms in total. The predicted octanol–water partition coefficient (Wildman–Crippen LogP) is 3.82. The van der Waals surface area contributed by atoms with Crippen molar-refractivity contribution in [3.63, 3.8) is 0 Å². The van der Waals surface area contributed by atoms with Gasteiger partial charge in [-0.2, -0.15) is 0 Å². The van der Waals surface area contributed by atoms with Gasteiger partial charge in [-0.05, 0) is 37.2 Å². The number of benzene rings is 2. The lowest BCUT2D eigenvalue weighted by atomic mass is 10.0. The molecule has 1 fully saturated rings. The highest BCUT2D eigenvalue weighted by Crippen LogP contribution is 2.29. The number of piperidine rings is 1. The highest BCUT2D eigenvalue weighted by atomic mass is 35.5. The van der Waals surface area contributed by atoms with E-state index in [9.17, 15) is 9.50 Å². The van der Waals surface area contributed by atoms with E-state index in [1.807, 2.05) is 35.0 Å². The monoisotopic (exact) mass is 401 g/mol. The molecule has 0 radical (unpaired) electrons. The summed E-state index contributed by atoms with van der Waals surface area (Å²) in [6.07, 6.45) is 3.98. The summed E-state index contributed by atoms with van der Waals surface area (Å²) in [5, 5.41) is 13.9. The molecule has 146 valence electrons. The van der Waals surface area contributed by atoms with Crippen molar-refractivity contribution in [1.82, 2.24) is 14.9 Å². The third kappa shape index (κ3) is 3.90. The van der Waals surface area contributed by atoms with Crippen molar-refractivity contribution in [2.75, 3.05) is 13.1 Å². The number of nitrogens with zero attached hydrogens (tertiary/aromatic N) is 2. The molecule has 2 atom stereocenters. The van der Waals surface area contributed by atoms with E-state index in [0.717, 1.165) is 24.4 Å². The largest absolute Gasteiger partial charge is 0.489 e. The molecule has 0 saturated carbocycles. The Balaban J connectivity index is 1.56. The van der Waals surface area contributed by atoms with Gasteiger partial charge in [0.1, 0.15) is 24.0 Å². The summed E-state index contributed by atoms with van der Waals surface area (Å²) in [7, 11) is 0. The van der Waals surface area contributed by atoms with Crippen LogP contribution in [-0.2, 0) is 6.61 Å². The maximum absolute atomic E-state index is 13.9. The van der Waals surface area contributed by atoms with Crippen LogP contribution in [0, 0.1) is 5.82 Å². The minimum atomic E-state index is -0.468. The zero-order chi connectivity index (χ0) is 19.5. The fourth-order valence-corrected chi connectivity index (χ4v) is 3.73. The second kappa shape index (κ2) is 8.31. The Kier molecular flexibility index (Phi) is 5.62. The first-order chi connectivity index (χ1) is 13.6. The minimum Gasteiger partial charge on any atom is -0.489 e. The molecule has 0 amide bonds. The summed E-state index contributed by atoms with van der Waals surface area (Å²) in [6, 6.07) is 12.0. The number of aliphatic hydroxyl groups excluding tert-OH is 1. The van der Waals surface area contributed by atoms with Crippen LogP contribution in [-0.4, -0.2) is 33.9 Å². The van der Waals surface area contributed by atoms with Gasteiger partial charge in [0.25, 0.3) is 0 Å². The molecule has 1 aliphatic heterocycles. The molecular weight excluding hydrogens is 381 g/mol. The van der Waals surface area contributed by atoms with Crippen LogP contribution in [0.5, 0.6) is 5.75 Å². The van der Waals surface area contributed by atoms with Crippen molar-refractivity contribution in [2.24, 2.45) is 0 Å². The molecule has 2 heterocycles. The fraction of sp³-hybridized carbons (Fsp3) is 0.286. The average Bonchev–Trinajstić information content (AvgIpc) is 3.18. The molecule has 4 rings (SSSR count). The second-order valence-electron chi connectivity index (χ2n) is 6.80. The van der Waals surface area contributed by atoms with E-state index in [1.54, 1.807) is 18.3 Å². The molecule has 2 aromatic carbocycles. The number of β-amino-alcohol motifs (C(OH)–C–C–N with tert-alkyl or cyclic N) is 1. The SMILES string of the molecule is O[C@H]1CNCC[C@@H]1n1ccnc1-c1cccc(OCc2c(F)cccc2Cl)c1. The van der Waals surface area contributed by atoms with Gasteiger partial charge in [0.2, 0.25) is 0 Å². The smallest absolute Gasteiger partial charge is 0.140 e. The first-order valence-electron chi connectivity index (χ1n) is 9.21. The zero-order valence-corrected chi connectivity index (χ0v) is 15.9. The topological polar surface area (TPSA) is 59.3 Å². The van der Waals surface area contributed by atoms with Gasteiger partial charge in [0.15, 0.2) is 0 Å². The van der Waals surface area contributed by atoms with Gasteiger partial charge >= 0.3 is 0 Å². The number of aromatic nitrogens is 2. The van der Waals surface area contributed by atoms with Gasteiger partial charge in [-0.3, -0.25) is 0 Å². The van der Waals surface area contributed by atoms with E-state index < -0.39 is 6.10 Å². The summed E-state index contributed by atoms with van der Waals surface area (Å²) in [5.74, 6) is 0.969. The predicted molar refractivity (Wildman–Crippen MR) is 106 cm³/mol. The second-order valence-corrected chi connectivity index (χ2v) is 7.21. The van der Waals surface area contributed by atoms with E-state index in [0.29, 0.717) is 22.9 Å². The number of rotatable bonds is 5. The van der Waals surface area contributed by atoms with Crippen LogP contribution in [0.1, 0.15) is 18.0 Å². The summed E-state index contributed by atoms with van der Waals surface area (Å²) in [4.78, 5) is 4.48. The molecule has 0 bridgehead atoms. The number of nitrogens with one attached hydrogen (secondary N) is 1. The van der Waals surface area contributed by atoms with Crippen LogP contribution in [0.4, 0.5) is 4.39 Å². The van der Waals surface area contributed by atoms with E-state index in [4.69, 9.17) is 16.3 Å². The van der Waals surface area contributed by atoms with Crippen molar-refractivity contribution in [3.05, 3.63) is 71.3 Å². The molecule has 0 spiro atoms. The first kappa shape index (κ1) is 18.9. The normalized spacial score (nSPS) is 19.5. The molecule has 3 aromatic rings. The summed E-state index contributed by atoms with van der Waals surface area (Å²) >= 11 is 6.07. The van der Waals surface area contributed by atoms with Crippen molar-refractivity contribution in [2.45, 2.75) is 25.2 Å². The highest BCUT2D eigenvalue weighted by Gasteiger charge is 2.26. The zero-order valence-electron chi connectivity index (χ0n) is 15.2. The fourth-order valence-electron chi connectivity index (χ4n) is 3.51. The molecule has 28 heavy (non-hydrogen) atoms. The Labute approximate surface area is 167 Å². The van der Waals surface area contributed by atoms with Crippen molar-refractivity contribution in [1.29, 1.82) is 0 Å². The van der Waals surface area contributed by atoms with Crippen LogP contribution in [0.25, 0.3) is 11.4 Å². The quantitative estimate of drug-likeness (QED) is 0.682. The molecule has 1 aliphatic rings. The number of hydrogen-bond acceptors (Lipinski definition) is 4. The summed E-state index contributed by atoms with van der Waals surface area (Å²) < 4.78 is 21.7. The molecular formula is C21H21ClFN3O2. The van der Waals surface area contributed by atoms with E-state index in [2.05, 4.69) is 10.3 Å². The molecule has 0 unspecified atom stereocenters. The number of halogens is 2. The van der Waals surface area contributed by atoms with E-state index in [1.165, 1.54) is 6.07 Å². The number of imidazole rings is 1. The van der Waals surface area contributed by atoms with Crippen LogP contribution < -0.4 is 10.1 Å². The molecule has 0 aliphatic carbocycles. The summed E-state index contributed by atoms with van der Waals surface area (Å²) in [5.41, 5.74) is 1.20. The Morgan fingerprint density at radius 1 is 1.29 bits per heavy atom. The Hall–Kier alpha value is -2.41. The lowest BCUT2D eigenvalue weighted by Gasteiger charge is -2.30. The Morgan fingerprint density at radius 3 is 2.96 bits per heavy atom. The Bertz CT molecular complexity index is 942. The van der Waals surface area contributed by atoms with E-state index >= 15 is 0 Å². The third-order valence-electron chi connectivity index (χ3n) is 4.98.